The number of alkyl halides is 3. The van der Waals surface area contributed by atoms with E-state index in [2.05, 4.69) is 9.47 Å². The number of carbonyl (C=O) groups excluding carboxylic acids is 2. The van der Waals surface area contributed by atoms with Gasteiger partial charge in [-0.25, -0.2) is 0 Å². The summed E-state index contributed by atoms with van der Waals surface area (Å²) in [4.78, 5) is 23.1. The fraction of sp³-hybridized carbons (Fsp3) is 0.400. The number of hydrogen-bond acceptors (Lipinski definition) is 5. The molecular formula is C15H14F3NO4. The number of halogens is 3. The molecule has 0 atom stereocenters. The minimum Gasteiger partial charge on any atom is -0.469 e. The molecule has 5 nitrogen and oxygen atoms in total. The smallest absolute Gasteiger partial charge is 0.416 e. The third-order valence-electron chi connectivity index (χ3n) is 3.33. The fourth-order valence-electron chi connectivity index (χ4n) is 2.03. The van der Waals surface area contributed by atoms with Gasteiger partial charge >= 0.3 is 18.1 Å². The van der Waals surface area contributed by atoms with E-state index in [1.54, 1.807) is 0 Å². The molecule has 1 rings (SSSR count). The van der Waals surface area contributed by atoms with Crippen molar-refractivity contribution in [3.63, 3.8) is 0 Å². The summed E-state index contributed by atoms with van der Waals surface area (Å²) in [5.74, 6) is -1.54. The van der Waals surface area contributed by atoms with Crippen LogP contribution in [-0.4, -0.2) is 26.2 Å². The number of carbonyl (C=O) groups is 2. The highest BCUT2D eigenvalue weighted by Gasteiger charge is 2.39. The van der Waals surface area contributed by atoms with Gasteiger partial charge in [0.05, 0.1) is 38.7 Å². The van der Waals surface area contributed by atoms with E-state index in [9.17, 15) is 28.0 Å². The van der Waals surface area contributed by atoms with E-state index < -0.39 is 41.9 Å². The summed E-state index contributed by atoms with van der Waals surface area (Å²) in [5, 5.41) is 9.46. The Labute approximate surface area is 130 Å². The molecule has 0 bridgehead atoms. The molecule has 0 aromatic heterocycles. The van der Waals surface area contributed by atoms with E-state index >= 15 is 0 Å². The molecule has 0 fully saturated rings. The monoisotopic (exact) mass is 329 g/mol. The minimum absolute atomic E-state index is 0.101. The first-order valence-corrected chi connectivity index (χ1v) is 6.41. The molecule has 0 aliphatic carbocycles. The van der Waals surface area contributed by atoms with Crippen molar-refractivity contribution in [1.82, 2.24) is 0 Å². The Morgan fingerprint density at radius 2 is 1.39 bits per heavy atom. The van der Waals surface area contributed by atoms with Crippen LogP contribution in [0.5, 0.6) is 0 Å². The van der Waals surface area contributed by atoms with Crippen molar-refractivity contribution in [2.45, 2.75) is 24.4 Å². The van der Waals surface area contributed by atoms with Crippen molar-refractivity contribution < 1.29 is 32.2 Å². The molecule has 0 N–H and O–H groups in total. The topological polar surface area (TPSA) is 76.4 Å². The maximum absolute atomic E-state index is 12.6. The first kappa shape index (κ1) is 18.5. The first-order valence-electron chi connectivity index (χ1n) is 6.41. The van der Waals surface area contributed by atoms with Crippen molar-refractivity contribution in [1.29, 1.82) is 5.26 Å². The van der Waals surface area contributed by atoms with Gasteiger partial charge in [0.1, 0.15) is 5.41 Å². The molecule has 1 aromatic rings. The Bertz CT molecular complexity index is 599. The highest BCUT2D eigenvalue weighted by atomic mass is 19.4. The second-order valence-electron chi connectivity index (χ2n) is 4.77. The molecule has 8 heteroatoms. The zero-order valence-corrected chi connectivity index (χ0v) is 12.4. The summed E-state index contributed by atoms with van der Waals surface area (Å²) >= 11 is 0. The molecular weight excluding hydrogens is 315 g/mol. The molecule has 124 valence electrons. The first-order chi connectivity index (χ1) is 10.7. The number of esters is 2. The zero-order valence-electron chi connectivity index (χ0n) is 12.4. The number of methoxy groups -OCH3 is 2. The molecule has 0 unspecified atom stereocenters. The normalized spacial score (nSPS) is 11.5. The highest BCUT2D eigenvalue weighted by Crippen LogP contribution is 2.35. The molecule has 0 saturated carbocycles. The molecule has 23 heavy (non-hydrogen) atoms. The Morgan fingerprint density at radius 1 is 1.00 bits per heavy atom. The molecule has 1 aromatic carbocycles. The molecule has 0 heterocycles. The second-order valence-corrected chi connectivity index (χ2v) is 4.77. The molecule has 0 amide bonds. The summed E-state index contributed by atoms with van der Waals surface area (Å²) < 4.78 is 46.8. The van der Waals surface area contributed by atoms with Gasteiger partial charge in [-0.05, 0) is 17.7 Å². The average Bonchev–Trinajstić information content (AvgIpc) is 2.53. The summed E-state index contributed by atoms with van der Waals surface area (Å²) in [5.41, 5.74) is -2.46. The van der Waals surface area contributed by atoms with Crippen LogP contribution in [0.2, 0.25) is 0 Å². The van der Waals surface area contributed by atoms with Gasteiger partial charge in [-0.2, -0.15) is 18.4 Å². The van der Waals surface area contributed by atoms with Crippen LogP contribution in [-0.2, 0) is 30.7 Å². The van der Waals surface area contributed by atoms with E-state index in [-0.39, 0.29) is 5.56 Å². The summed E-state index contributed by atoms with van der Waals surface area (Å²) in [6, 6.07) is 5.55. The van der Waals surface area contributed by atoms with E-state index in [4.69, 9.17) is 0 Å². The van der Waals surface area contributed by atoms with E-state index in [0.29, 0.717) is 0 Å². The largest absolute Gasteiger partial charge is 0.469 e. The lowest BCUT2D eigenvalue weighted by atomic mass is 9.76. The second kappa shape index (κ2) is 7.13. The maximum atomic E-state index is 12.6. The lowest BCUT2D eigenvalue weighted by Crippen LogP contribution is -2.32. The zero-order chi connectivity index (χ0) is 17.7. The van der Waals surface area contributed by atoms with Gasteiger partial charge in [0, 0.05) is 0 Å². The lowest BCUT2D eigenvalue weighted by Gasteiger charge is -2.25. The van der Waals surface area contributed by atoms with Crippen LogP contribution >= 0.6 is 0 Å². The lowest BCUT2D eigenvalue weighted by molar-refractivity contribution is -0.144. The maximum Gasteiger partial charge on any atom is 0.416 e. The highest BCUT2D eigenvalue weighted by molar-refractivity contribution is 5.77. The van der Waals surface area contributed by atoms with Gasteiger partial charge < -0.3 is 9.47 Å². The van der Waals surface area contributed by atoms with Crippen molar-refractivity contribution >= 4 is 11.9 Å². The number of hydrogen-bond donors (Lipinski definition) is 0. The van der Waals surface area contributed by atoms with Gasteiger partial charge in [0.15, 0.2) is 0 Å². The molecule has 0 radical (unpaired) electrons. The van der Waals surface area contributed by atoms with Crippen molar-refractivity contribution in [3.8, 4) is 6.07 Å². The van der Waals surface area contributed by atoms with Crippen molar-refractivity contribution in [3.05, 3.63) is 35.4 Å². The summed E-state index contributed by atoms with van der Waals surface area (Å²) in [6.07, 6.45) is -5.50. The van der Waals surface area contributed by atoms with Crippen LogP contribution in [0.4, 0.5) is 13.2 Å². The average molecular weight is 329 g/mol. The van der Waals surface area contributed by atoms with Gasteiger partial charge in [0.2, 0.25) is 0 Å². The van der Waals surface area contributed by atoms with E-state index in [1.165, 1.54) is 0 Å². The predicted molar refractivity (Wildman–Crippen MR) is 72.0 cm³/mol. The van der Waals surface area contributed by atoms with Gasteiger partial charge in [-0.3, -0.25) is 9.59 Å². The van der Waals surface area contributed by atoms with Crippen molar-refractivity contribution in [2.24, 2.45) is 0 Å². The Balaban J connectivity index is 3.30. The Hall–Kier alpha value is -2.56. The van der Waals surface area contributed by atoms with Gasteiger partial charge in [0.25, 0.3) is 0 Å². The van der Waals surface area contributed by atoms with E-state index in [1.807, 2.05) is 6.07 Å². The van der Waals surface area contributed by atoms with Crippen molar-refractivity contribution in [2.75, 3.05) is 14.2 Å². The quantitative estimate of drug-likeness (QED) is 0.776. The molecule has 0 saturated heterocycles. The molecule has 0 aliphatic rings. The van der Waals surface area contributed by atoms with Crippen LogP contribution in [0.15, 0.2) is 24.3 Å². The number of rotatable bonds is 5. The SMILES string of the molecule is COC(=O)CC(C#N)(CC(=O)OC)c1ccc(C(F)(F)F)cc1. The van der Waals surface area contributed by atoms with Crippen LogP contribution < -0.4 is 0 Å². The Kier molecular flexibility index (Phi) is 5.73. The predicted octanol–water partition coefficient (Wildman–Crippen LogP) is 2.59. The van der Waals surface area contributed by atoms with Gasteiger partial charge in [-0.1, -0.05) is 12.1 Å². The van der Waals surface area contributed by atoms with Crippen LogP contribution in [0, 0.1) is 11.3 Å². The van der Waals surface area contributed by atoms with E-state index in [0.717, 1.165) is 38.5 Å². The number of nitriles is 1. The number of benzene rings is 1. The fourth-order valence-corrected chi connectivity index (χ4v) is 2.03. The van der Waals surface area contributed by atoms with Crippen LogP contribution in [0.1, 0.15) is 24.0 Å². The molecule has 0 aliphatic heterocycles. The summed E-state index contributed by atoms with van der Waals surface area (Å²) in [6.45, 7) is 0. The number of nitrogens with zero attached hydrogens (tertiary/aromatic N) is 1. The van der Waals surface area contributed by atoms with Crippen LogP contribution in [0.3, 0.4) is 0 Å². The van der Waals surface area contributed by atoms with Crippen LogP contribution in [0.25, 0.3) is 0 Å². The number of ether oxygens (including phenoxy) is 2. The standard InChI is InChI=1S/C15H14F3NO4/c1-22-12(20)7-14(9-19,8-13(21)23-2)10-3-5-11(6-4-10)15(16,17)18/h3-6H,7-8H2,1-2H3. The third kappa shape index (κ3) is 4.45. The molecule has 0 spiro atoms. The third-order valence-corrected chi connectivity index (χ3v) is 3.33. The van der Waals surface area contributed by atoms with Gasteiger partial charge in [-0.15, -0.1) is 0 Å². The minimum atomic E-state index is -4.53. The Morgan fingerprint density at radius 3 is 1.70 bits per heavy atom. The summed E-state index contributed by atoms with van der Waals surface area (Å²) in [7, 11) is 2.21.